The first-order chi connectivity index (χ1) is 10.4. The Kier molecular flexibility index (Phi) is 4.65. The van der Waals surface area contributed by atoms with Gasteiger partial charge in [-0.3, -0.25) is 4.79 Å². The number of hydrogen-bond donors (Lipinski definition) is 0. The van der Waals surface area contributed by atoms with Crippen LogP contribution >= 0.6 is 0 Å². The van der Waals surface area contributed by atoms with Crippen LogP contribution in [0.4, 0.5) is 13.2 Å². The lowest BCUT2D eigenvalue weighted by Crippen LogP contribution is -2.08. The lowest BCUT2D eigenvalue weighted by Gasteiger charge is -2.11. The second-order valence-electron chi connectivity index (χ2n) is 4.52. The van der Waals surface area contributed by atoms with Gasteiger partial charge in [0, 0.05) is 0 Å². The van der Waals surface area contributed by atoms with Crippen molar-refractivity contribution in [3.63, 3.8) is 0 Å². The smallest absolute Gasteiger partial charge is 0.416 e. The molecular weight excluding hydrogens is 293 g/mol. The second-order valence-corrected chi connectivity index (χ2v) is 4.52. The van der Waals surface area contributed by atoms with Crippen molar-refractivity contribution in [2.45, 2.75) is 6.18 Å². The van der Waals surface area contributed by atoms with Crippen LogP contribution in [-0.4, -0.2) is 12.9 Å². The number of rotatable bonds is 4. The van der Waals surface area contributed by atoms with Gasteiger partial charge >= 0.3 is 6.18 Å². The summed E-state index contributed by atoms with van der Waals surface area (Å²) in [7, 11) is 1.31. The van der Waals surface area contributed by atoms with E-state index < -0.39 is 17.5 Å². The summed E-state index contributed by atoms with van der Waals surface area (Å²) in [6.45, 7) is 0. The number of alkyl halides is 3. The molecule has 0 radical (unpaired) electrons. The fourth-order valence-electron chi connectivity index (χ4n) is 1.90. The first kappa shape index (κ1) is 15.8. The van der Waals surface area contributed by atoms with Crippen LogP contribution in [0.3, 0.4) is 0 Å². The monoisotopic (exact) mass is 306 g/mol. The van der Waals surface area contributed by atoms with Crippen molar-refractivity contribution in [2.24, 2.45) is 0 Å². The average Bonchev–Trinajstić information content (AvgIpc) is 2.52. The molecule has 2 aromatic rings. The minimum atomic E-state index is -4.51. The zero-order chi connectivity index (χ0) is 16.2. The van der Waals surface area contributed by atoms with Crippen molar-refractivity contribution in [1.82, 2.24) is 0 Å². The van der Waals surface area contributed by atoms with Gasteiger partial charge in [0.1, 0.15) is 5.75 Å². The largest absolute Gasteiger partial charge is 0.496 e. The number of benzene rings is 2. The molecule has 0 unspecified atom stereocenters. The number of carbonyl (C=O) groups is 1. The molecule has 2 rings (SSSR count). The van der Waals surface area contributed by atoms with Crippen molar-refractivity contribution < 1.29 is 22.7 Å². The normalized spacial score (nSPS) is 11.6. The first-order valence-corrected chi connectivity index (χ1v) is 6.44. The maximum Gasteiger partial charge on any atom is 0.416 e. The summed E-state index contributed by atoms with van der Waals surface area (Å²) in [5, 5.41) is 0. The van der Waals surface area contributed by atoms with Crippen LogP contribution in [0.1, 0.15) is 21.5 Å². The molecule has 0 N–H and O–H groups in total. The van der Waals surface area contributed by atoms with Crippen molar-refractivity contribution in [2.75, 3.05) is 7.11 Å². The van der Waals surface area contributed by atoms with E-state index in [4.69, 9.17) is 4.74 Å². The number of carbonyl (C=O) groups excluding carboxylic acids is 1. The number of halogens is 3. The number of ether oxygens (including phenoxy) is 1. The highest BCUT2D eigenvalue weighted by atomic mass is 19.4. The van der Waals surface area contributed by atoms with Crippen LogP contribution in [0, 0.1) is 0 Å². The van der Waals surface area contributed by atoms with Gasteiger partial charge in [0.15, 0.2) is 5.78 Å². The average molecular weight is 306 g/mol. The molecule has 0 atom stereocenters. The molecule has 0 heterocycles. The highest BCUT2D eigenvalue weighted by Crippen LogP contribution is 2.32. The van der Waals surface area contributed by atoms with Gasteiger partial charge < -0.3 is 4.74 Å². The Labute approximate surface area is 125 Å². The Balaban J connectivity index is 2.34. The molecule has 22 heavy (non-hydrogen) atoms. The van der Waals surface area contributed by atoms with E-state index in [1.54, 1.807) is 30.3 Å². The van der Waals surface area contributed by atoms with Gasteiger partial charge in [-0.25, -0.2) is 0 Å². The molecule has 0 aliphatic heterocycles. The molecule has 5 heteroatoms. The predicted molar refractivity (Wildman–Crippen MR) is 77.8 cm³/mol. The van der Waals surface area contributed by atoms with E-state index in [-0.39, 0.29) is 11.3 Å². The molecule has 0 bridgehead atoms. The van der Waals surface area contributed by atoms with Gasteiger partial charge in [0.25, 0.3) is 0 Å². The maximum atomic E-state index is 12.7. The van der Waals surface area contributed by atoms with Gasteiger partial charge in [0.05, 0.1) is 18.2 Å². The highest BCUT2D eigenvalue weighted by Gasteiger charge is 2.31. The number of methoxy groups -OCH3 is 1. The SMILES string of the molecule is COc1ccc(C(F)(F)F)cc1C(=O)C=Cc1ccccc1. The zero-order valence-electron chi connectivity index (χ0n) is 11.7. The Morgan fingerprint density at radius 1 is 1.09 bits per heavy atom. The minimum Gasteiger partial charge on any atom is -0.496 e. The minimum absolute atomic E-state index is 0.107. The summed E-state index contributed by atoms with van der Waals surface area (Å²) in [5.74, 6) is -0.442. The maximum absolute atomic E-state index is 12.7. The molecular formula is C17H13F3O2. The quantitative estimate of drug-likeness (QED) is 0.609. The topological polar surface area (TPSA) is 26.3 Å². The predicted octanol–water partition coefficient (Wildman–Crippen LogP) is 4.61. The van der Waals surface area contributed by atoms with Crippen LogP contribution < -0.4 is 4.74 Å². The van der Waals surface area contributed by atoms with E-state index >= 15 is 0 Å². The van der Waals surface area contributed by atoms with Crippen LogP contribution in [0.2, 0.25) is 0 Å². The van der Waals surface area contributed by atoms with E-state index in [1.165, 1.54) is 13.2 Å². The van der Waals surface area contributed by atoms with Gasteiger partial charge in [-0.2, -0.15) is 13.2 Å². The van der Waals surface area contributed by atoms with Crippen LogP contribution in [0.5, 0.6) is 5.75 Å². The summed E-state index contributed by atoms with van der Waals surface area (Å²) in [5.41, 5.74) is -0.226. The van der Waals surface area contributed by atoms with E-state index in [9.17, 15) is 18.0 Å². The van der Waals surface area contributed by atoms with E-state index in [1.807, 2.05) is 6.07 Å². The molecule has 114 valence electrons. The van der Waals surface area contributed by atoms with Crippen LogP contribution in [0.15, 0.2) is 54.6 Å². The molecule has 0 amide bonds. The van der Waals surface area contributed by atoms with Gasteiger partial charge in [0.2, 0.25) is 0 Å². The van der Waals surface area contributed by atoms with Crippen LogP contribution in [0.25, 0.3) is 6.08 Å². The number of ketones is 1. The Hall–Kier alpha value is -2.56. The summed E-state index contributed by atoms with van der Waals surface area (Å²) in [6.07, 6.45) is -1.74. The molecule has 0 spiro atoms. The fourth-order valence-corrected chi connectivity index (χ4v) is 1.90. The van der Waals surface area contributed by atoms with Crippen molar-refractivity contribution in [3.8, 4) is 5.75 Å². The Morgan fingerprint density at radius 3 is 2.36 bits per heavy atom. The van der Waals surface area contributed by atoms with E-state index in [0.29, 0.717) is 0 Å². The molecule has 0 aliphatic rings. The molecule has 0 fully saturated rings. The molecule has 2 nitrogen and oxygen atoms in total. The number of hydrogen-bond acceptors (Lipinski definition) is 2. The number of allylic oxidation sites excluding steroid dienone is 1. The summed E-state index contributed by atoms with van der Waals surface area (Å²) in [6, 6.07) is 11.8. The summed E-state index contributed by atoms with van der Waals surface area (Å²) >= 11 is 0. The molecule has 2 aromatic carbocycles. The van der Waals surface area contributed by atoms with E-state index in [0.717, 1.165) is 23.8 Å². The summed E-state index contributed by atoms with van der Waals surface area (Å²) < 4.78 is 43.2. The van der Waals surface area contributed by atoms with Crippen molar-refractivity contribution >= 4 is 11.9 Å². The molecule has 0 saturated carbocycles. The standard InChI is InChI=1S/C17H13F3O2/c1-22-16-10-8-13(17(18,19)20)11-14(16)15(21)9-7-12-5-3-2-4-6-12/h2-11H,1H3. The zero-order valence-corrected chi connectivity index (χ0v) is 11.7. The molecule has 0 aromatic heterocycles. The third-order valence-electron chi connectivity index (χ3n) is 3.02. The fraction of sp³-hybridized carbons (Fsp3) is 0.118. The van der Waals surface area contributed by atoms with Crippen molar-refractivity contribution in [1.29, 1.82) is 0 Å². The van der Waals surface area contributed by atoms with Crippen molar-refractivity contribution in [3.05, 3.63) is 71.3 Å². The third-order valence-corrected chi connectivity index (χ3v) is 3.02. The van der Waals surface area contributed by atoms with E-state index in [2.05, 4.69) is 0 Å². The Bertz CT molecular complexity index is 689. The molecule has 0 aliphatic carbocycles. The lowest BCUT2D eigenvalue weighted by atomic mass is 10.0. The van der Waals surface area contributed by atoms with Gasteiger partial charge in [-0.05, 0) is 29.8 Å². The summed E-state index contributed by atoms with van der Waals surface area (Å²) in [4.78, 5) is 12.1. The highest BCUT2D eigenvalue weighted by molar-refractivity contribution is 6.08. The van der Waals surface area contributed by atoms with Gasteiger partial charge in [-0.1, -0.05) is 36.4 Å². The Morgan fingerprint density at radius 2 is 1.77 bits per heavy atom. The van der Waals surface area contributed by atoms with Gasteiger partial charge in [-0.15, -0.1) is 0 Å². The first-order valence-electron chi connectivity index (χ1n) is 6.44. The molecule has 0 saturated heterocycles. The second kappa shape index (κ2) is 6.47. The third kappa shape index (κ3) is 3.75. The lowest BCUT2D eigenvalue weighted by molar-refractivity contribution is -0.137. The van der Waals surface area contributed by atoms with Crippen LogP contribution in [-0.2, 0) is 6.18 Å².